The molecule has 7 heteroatoms. The van der Waals surface area contributed by atoms with Crippen LogP contribution in [-0.2, 0) is 4.79 Å². The lowest BCUT2D eigenvalue weighted by Crippen LogP contribution is -2.17. The monoisotopic (exact) mass is 300 g/mol. The maximum Gasteiger partial charge on any atom is 0.222 e. The van der Waals surface area contributed by atoms with Crippen LogP contribution in [0.2, 0.25) is 0 Å². The molecule has 0 fully saturated rings. The van der Waals surface area contributed by atoms with Crippen LogP contribution in [0.5, 0.6) is 0 Å². The van der Waals surface area contributed by atoms with Crippen molar-refractivity contribution in [2.24, 2.45) is 0 Å². The number of aromatic nitrogens is 4. The van der Waals surface area contributed by atoms with Crippen LogP contribution in [0, 0.1) is 0 Å². The molecule has 2 unspecified atom stereocenters. The van der Waals surface area contributed by atoms with Gasteiger partial charge in [0.1, 0.15) is 5.78 Å². The number of hydrogen-bond donors (Lipinski definition) is 2. The van der Waals surface area contributed by atoms with Crippen molar-refractivity contribution in [3.05, 3.63) is 35.9 Å². The second-order valence-electron chi connectivity index (χ2n) is 5.03. The topological polar surface area (TPSA) is 92.7 Å². The molecular formula is C15H20N6O. The highest BCUT2D eigenvalue weighted by atomic mass is 16.1. The molecule has 0 amide bonds. The van der Waals surface area contributed by atoms with Gasteiger partial charge in [0.05, 0.1) is 0 Å². The summed E-state index contributed by atoms with van der Waals surface area (Å²) < 4.78 is 0. The Labute approximate surface area is 129 Å². The molecule has 0 aliphatic rings. The Bertz CT molecular complexity index is 570. The van der Waals surface area contributed by atoms with Crippen LogP contribution in [0.25, 0.3) is 0 Å². The lowest BCUT2D eigenvalue weighted by molar-refractivity contribution is -0.121. The number of nitrogens with zero attached hydrogens (tertiary/aromatic N) is 4. The summed E-state index contributed by atoms with van der Waals surface area (Å²) in [6.45, 7) is 3.72. The second-order valence-corrected chi connectivity index (χ2v) is 5.03. The highest BCUT2D eigenvalue weighted by Crippen LogP contribution is 2.25. The molecule has 2 rings (SSSR count). The molecule has 0 aliphatic heterocycles. The summed E-state index contributed by atoms with van der Waals surface area (Å²) in [7, 11) is 3.50. The van der Waals surface area contributed by atoms with Crippen LogP contribution >= 0.6 is 0 Å². The third kappa shape index (κ3) is 3.36. The van der Waals surface area contributed by atoms with Crippen molar-refractivity contribution in [1.82, 2.24) is 19.9 Å². The molecular weight excluding hydrogens is 280 g/mol. The Hall–Kier alpha value is -2.57. The molecule has 7 nitrogen and oxygen atoms in total. The molecule has 0 saturated carbocycles. The van der Waals surface area contributed by atoms with E-state index in [2.05, 4.69) is 30.6 Å². The van der Waals surface area contributed by atoms with Gasteiger partial charge in [-0.3, -0.25) is 4.79 Å². The van der Waals surface area contributed by atoms with E-state index in [-0.39, 0.29) is 17.6 Å². The Kier molecular flexibility index (Phi) is 4.98. The molecule has 2 atom stereocenters. The fraction of sp³-hybridized carbons (Fsp3) is 0.400. The van der Waals surface area contributed by atoms with E-state index in [1.54, 1.807) is 38.9 Å². The van der Waals surface area contributed by atoms with Gasteiger partial charge in [-0.25, -0.2) is 19.9 Å². The zero-order chi connectivity index (χ0) is 16.1. The van der Waals surface area contributed by atoms with Crippen molar-refractivity contribution in [2.75, 3.05) is 24.7 Å². The third-order valence-corrected chi connectivity index (χ3v) is 3.64. The van der Waals surface area contributed by atoms with Crippen LogP contribution in [-0.4, -0.2) is 39.8 Å². The summed E-state index contributed by atoms with van der Waals surface area (Å²) in [5.74, 6) is 0.580. The standard InChI is InChI=1S/C15H20N6O/c1-9(11-5-18-14(16-3)19-6-11)13(22)10(2)12-7-20-15(17-4)21-8-12/h5-10H,1-4H3,(H,16,18,19)(H,17,20,21). The van der Waals surface area contributed by atoms with Crippen molar-refractivity contribution in [3.8, 4) is 0 Å². The van der Waals surface area contributed by atoms with E-state index in [1.807, 2.05) is 13.8 Å². The SMILES string of the molecule is CNc1ncc(C(C)C(=O)C(C)c2cnc(NC)nc2)cn1. The summed E-state index contributed by atoms with van der Waals surface area (Å²) in [4.78, 5) is 29.2. The van der Waals surface area contributed by atoms with Crippen molar-refractivity contribution in [1.29, 1.82) is 0 Å². The van der Waals surface area contributed by atoms with Gasteiger partial charge in [-0.1, -0.05) is 13.8 Å². The normalized spacial score (nSPS) is 13.3. The van der Waals surface area contributed by atoms with Crippen LogP contribution < -0.4 is 10.6 Å². The summed E-state index contributed by atoms with van der Waals surface area (Å²) in [6.07, 6.45) is 6.70. The van der Waals surface area contributed by atoms with Crippen molar-refractivity contribution in [2.45, 2.75) is 25.7 Å². The molecule has 0 saturated heterocycles. The van der Waals surface area contributed by atoms with Gasteiger partial charge < -0.3 is 10.6 Å². The maximum atomic E-state index is 12.6. The van der Waals surface area contributed by atoms with Crippen LogP contribution in [0.15, 0.2) is 24.8 Å². The van der Waals surface area contributed by atoms with Gasteiger partial charge in [0, 0.05) is 50.7 Å². The Balaban J connectivity index is 2.13. The van der Waals surface area contributed by atoms with E-state index in [4.69, 9.17) is 0 Å². The summed E-state index contributed by atoms with van der Waals surface area (Å²) in [5.41, 5.74) is 1.59. The first-order valence-corrected chi connectivity index (χ1v) is 7.10. The minimum atomic E-state index is -0.287. The molecule has 2 aromatic rings. The number of anilines is 2. The molecule has 0 aromatic carbocycles. The largest absolute Gasteiger partial charge is 0.357 e. The number of nitrogens with one attached hydrogen (secondary N) is 2. The van der Waals surface area contributed by atoms with E-state index >= 15 is 0 Å². The van der Waals surface area contributed by atoms with Crippen molar-refractivity contribution < 1.29 is 4.79 Å². The molecule has 2 heterocycles. The van der Waals surface area contributed by atoms with Crippen molar-refractivity contribution in [3.63, 3.8) is 0 Å². The van der Waals surface area contributed by atoms with E-state index in [0.717, 1.165) is 11.1 Å². The molecule has 22 heavy (non-hydrogen) atoms. The second kappa shape index (κ2) is 6.93. The Morgan fingerprint density at radius 3 is 1.41 bits per heavy atom. The molecule has 0 bridgehead atoms. The van der Waals surface area contributed by atoms with Gasteiger partial charge >= 0.3 is 0 Å². The van der Waals surface area contributed by atoms with Crippen LogP contribution in [0.4, 0.5) is 11.9 Å². The van der Waals surface area contributed by atoms with Gasteiger partial charge in [0.25, 0.3) is 0 Å². The predicted molar refractivity (Wildman–Crippen MR) is 85.0 cm³/mol. The average molecular weight is 300 g/mol. The van der Waals surface area contributed by atoms with Gasteiger partial charge in [-0.05, 0) is 11.1 Å². The van der Waals surface area contributed by atoms with E-state index < -0.39 is 0 Å². The Morgan fingerprint density at radius 1 is 0.818 bits per heavy atom. The maximum absolute atomic E-state index is 12.6. The highest BCUT2D eigenvalue weighted by molar-refractivity contribution is 5.90. The van der Waals surface area contributed by atoms with Gasteiger partial charge in [-0.2, -0.15) is 0 Å². The number of ketones is 1. The molecule has 116 valence electrons. The molecule has 2 aromatic heterocycles. The first-order chi connectivity index (χ1) is 10.6. The average Bonchev–Trinajstić information content (AvgIpc) is 2.60. The fourth-order valence-corrected chi connectivity index (χ4v) is 2.08. The molecule has 0 aliphatic carbocycles. The van der Waals surface area contributed by atoms with Gasteiger partial charge in [0.2, 0.25) is 11.9 Å². The van der Waals surface area contributed by atoms with Gasteiger partial charge in [-0.15, -0.1) is 0 Å². The van der Waals surface area contributed by atoms with Crippen LogP contribution in [0.3, 0.4) is 0 Å². The van der Waals surface area contributed by atoms with E-state index in [1.165, 1.54) is 0 Å². The summed E-state index contributed by atoms with van der Waals surface area (Å²) >= 11 is 0. The smallest absolute Gasteiger partial charge is 0.222 e. The molecule has 0 spiro atoms. The van der Waals surface area contributed by atoms with Crippen LogP contribution in [0.1, 0.15) is 36.8 Å². The summed E-state index contributed by atoms with van der Waals surface area (Å²) in [6, 6.07) is 0. The highest BCUT2D eigenvalue weighted by Gasteiger charge is 2.24. The first kappa shape index (κ1) is 15.8. The summed E-state index contributed by atoms with van der Waals surface area (Å²) in [5, 5.41) is 5.70. The first-order valence-electron chi connectivity index (χ1n) is 7.10. The molecule has 0 radical (unpaired) electrons. The fourth-order valence-electron chi connectivity index (χ4n) is 2.08. The zero-order valence-electron chi connectivity index (χ0n) is 13.2. The van der Waals surface area contributed by atoms with Crippen molar-refractivity contribution >= 4 is 17.7 Å². The number of carbonyl (C=O) groups excluding carboxylic acids is 1. The van der Waals surface area contributed by atoms with Gasteiger partial charge in [0.15, 0.2) is 0 Å². The Morgan fingerprint density at radius 2 is 1.14 bits per heavy atom. The lowest BCUT2D eigenvalue weighted by atomic mass is 9.88. The van der Waals surface area contributed by atoms with E-state index in [0.29, 0.717) is 11.9 Å². The minimum absolute atomic E-state index is 0.0848. The van der Waals surface area contributed by atoms with E-state index in [9.17, 15) is 4.79 Å². The minimum Gasteiger partial charge on any atom is -0.357 e. The number of rotatable bonds is 6. The zero-order valence-corrected chi connectivity index (χ0v) is 13.2. The molecule has 2 N–H and O–H groups in total. The quantitative estimate of drug-likeness (QED) is 0.840. The predicted octanol–water partition coefficient (Wildman–Crippen LogP) is 1.83. The number of Topliss-reactive ketones (excluding diaryl/α,β-unsaturated/α-hetero) is 1. The third-order valence-electron chi connectivity index (χ3n) is 3.64. The number of carbonyl (C=O) groups is 1. The number of hydrogen-bond acceptors (Lipinski definition) is 7. The lowest BCUT2D eigenvalue weighted by Gasteiger charge is -2.16.